The van der Waals surface area contributed by atoms with Gasteiger partial charge in [0.2, 0.25) is 5.91 Å². The first-order valence-corrected chi connectivity index (χ1v) is 7.83. The quantitative estimate of drug-likeness (QED) is 0.610. The minimum atomic E-state index is -1.27. The number of carboxylic acids is 1. The lowest BCUT2D eigenvalue weighted by Gasteiger charge is -2.19. The zero-order valence-corrected chi connectivity index (χ0v) is 14.4. The molecule has 0 radical (unpaired) electrons. The zero-order chi connectivity index (χ0) is 19.0. The summed E-state index contributed by atoms with van der Waals surface area (Å²) in [5, 5.41) is 14.2. The van der Waals surface area contributed by atoms with Crippen LogP contribution in [0.3, 0.4) is 0 Å². The van der Waals surface area contributed by atoms with Gasteiger partial charge < -0.3 is 20.5 Å². The Morgan fingerprint density at radius 3 is 2.40 bits per heavy atom. The van der Waals surface area contributed by atoms with Gasteiger partial charge >= 0.3 is 11.9 Å². The molecular formula is C17H22N2O6. The Kier molecular flexibility index (Phi) is 7.58. The lowest BCUT2D eigenvalue weighted by Crippen LogP contribution is -2.43. The van der Waals surface area contributed by atoms with Crippen molar-refractivity contribution in [3.8, 4) is 0 Å². The number of nitrogens with one attached hydrogen (secondary N) is 2. The second-order valence-electron chi connectivity index (χ2n) is 5.48. The molecule has 1 aromatic rings. The number of esters is 1. The van der Waals surface area contributed by atoms with E-state index in [2.05, 4.69) is 10.6 Å². The molecule has 0 spiro atoms. The average Bonchev–Trinajstić information content (AvgIpc) is 2.54. The fourth-order valence-electron chi connectivity index (χ4n) is 2.17. The van der Waals surface area contributed by atoms with Gasteiger partial charge in [-0.1, -0.05) is 19.1 Å². The summed E-state index contributed by atoms with van der Waals surface area (Å²) < 4.78 is 4.84. The van der Waals surface area contributed by atoms with Crippen molar-refractivity contribution in [3.05, 3.63) is 29.8 Å². The summed E-state index contributed by atoms with van der Waals surface area (Å²) in [6.07, 6.45) is -0.109. The van der Waals surface area contributed by atoms with Crippen LogP contribution in [0.25, 0.3) is 0 Å². The summed E-state index contributed by atoms with van der Waals surface area (Å²) in [7, 11) is 0. The fraction of sp³-hybridized carbons (Fsp3) is 0.412. The fourth-order valence-corrected chi connectivity index (χ4v) is 2.17. The molecule has 0 aliphatic rings. The number of benzene rings is 1. The molecule has 0 bridgehead atoms. The van der Waals surface area contributed by atoms with Gasteiger partial charge in [0.25, 0.3) is 5.91 Å². The van der Waals surface area contributed by atoms with E-state index in [1.807, 2.05) is 0 Å². The van der Waals surface area contributed by atoms with Crippen LogP contribution in [0, 0.1) is 5.92 Å². The molecule has 0 fully saturated rings. The van der Waals surface area contributed by atoms with Gasteiger partial charge in [0.05, 0.1) is 23.8 Å². The van der Waals surface area contributed by atoms with Gasteiger partial charge in [0.15, 0.2) is 0 Å². The molecular weight excluding hydrogens is 328 g/mol. The Morgan fingerprint density at radius 2 is 1.84 bits per heavy atom. The van der Waals surface area contributed by atoms with Crippen LogP contribution in [0.4, 0.5) is 5.69 Å². The molecule has 0 aliphatic heterocycles. The van der Waals surface area contributed by atoms with Gasteiger partial charge in [0, 0.05) is 6.92 Å². The first-order chi connectivity index (χ1) is 11.8. The zero-order valence-electron chi connectivity index (χ0n) is 14.4. The van der Waals surface area contributed by atoms with E-state index >= 15 is 0 Å². The van der Waals surface area contributed by atoms with Gasteiger partial charge in [-0.3, -0.25) is 14.4 Å². The van der Waals surface area contributed by atoms with Crippen LogP contribution in [0.5, 0.6) is 0 Å². The Bertz CT molecular complexity index is 658. The van der Waals surface area contributed by atoms with E-state index in [4.69, 9.17) is 4.74 Å². The molecule has 2 amide bonds. The second-order valence-corrected chi connectivity index (χ2v) is 5.48. The molecule has 0 saturated heterocycles. The largest absolute Gasteiger partial charge is 0.480 e. The molecule has 0 heterocycles. The van der Waals surface area contributed by atoms with E-state index in [0.717, 1.165) is 0 Å². The first-order valence-electron chi connectivity index (χ1n) is 7.83. The Hall–Kier alpha value is -2.90. The third-order valence-electron chi connectivity index (χ3n) is 3.36. The molecule has 1 rings (SSSR count). The van der Waals surface area contributed by atoms with Crippen LogP contribution in [-0.2, 0) is 19.1 Å². The highest BCUT2D eigenvalue weighted by Crippen LogP contribution is 2.16. The van der Waals surface area contributed by atoms with Crippen molar-refractivity contribution in [1.82, 2.24) is 5.32 Å². The van der Waals surface area contributed by atoms with Crippen molar-refractivity contribution in [2.24, 2.45) is 5.92 Å². The highest BCUT2D eigenvalue weighted by atomic mass is 16.5. The molecule has 0 unspecified atom stereocenters. The molecule has 1 aromatic carbocycles. The van der Waals surface area contributed by atoms with Gasteiger partial charge in [-0.05, 0) is 25.5 Å². The van der Waals surface area contributed by atoms with Crippen LogP contribution in [0.2, 0.25) is 0 Å². The van der Waals surface area contributed by atoms with E-state index in [0.29, 0.717) is 0 Å². The summed E-state index contributed by atoms with van der Waals surface area (Å²) in [5.74, 6) is -3.49. The maximum absolute atomic E-state index is 12.4. The van der Waals surface area contributed by atoms with Crippen molar-refractivity contribution in [2.45, 2.75) is 33.2 Å². The third kappa shape index (κ3) is 6.25. The molecule has 3 N–H and O–H groups in total. The molecule has 25 heavy (non-hydrogen) atoms. The normalized spacial score (nSPS) is 12.6. The molecule has 8 heteroatoms. The average molecular weight is 350 g/mol. The van der Waals surface area contributed by atoms with Gasteiger partial charge in [-0.25, -0.2) is 4.79 Å². The number of ether oxygens (including phenoxy) is 1. The van der Waals surface area contributed by atoms with E-state index in [1.54, 1.807) is 19.1 Å². The number of hydrogen-bond donors (Lipinski definition) is 3. The van der Waals surface area contributed by atoms with Crippen LogP contribution < -0.4 is 10.6 Å². The van der Waals surface area contributed by atoms with Gasteiger partial charge in [-0.2, -0.15) is 0 Å². The number of carboxylic acid groups (broad SMARTS) is 1. The Labute approximate surface area is 145 Å². The van der Waals surface area contributed by atoms with Crippen LogP contribution in [0.1, 0.15) is 37.6 Å². The van der Waals surface area contributed by atoms with Crippen LogP contribution in [-0.4, -0.2) is 41.5 Å². The molecule has 0 aromatic heterocycles. The van der Waals surface area contributed by atoms with Gasteiger partial charge in [-0.15, -0.1) is 0 Å². The third-order valence-corrected chi connectivity index (χ3v) is 3.36. The number of amides is 2. The number of hydrogen-bond acceptors (Lipinski definition) is 5. The highest BCUT2D eigenvalue weighted by molar-refractivity contribution is 6.04. The molecule has 0 aliphatic carbocycles. The maximum atomic E-state index is 12.4. The van der Waals surface area contributed by atoms with Crippen molar-refractivity contribution in [1.29, 1.82) is 0 Å². The number of para-hydroxylation sites is 1. The summed E-state index contributed by atoms with van der Waals surface area (Å²) in [6, 6.07) is 4.97. The van der Waals surface area contributed by atoms with E-state index in [-0.39, 0.29) is 30.2 Å². The monoisotopic (exact) mass is 350 g/mol. The van der Waals surface area contributed by atoms with E-state index < -0.39 is 29.8 Å². The van der Waals surface area contributed by atoms with Crippen molar-refractivity contribution >= 4 is 29.4 Å². The first kappa shape index (κ1) is 20.1. The molecule has 8 nitrogen and oxygen atoms in total. The molecule has 2 atom stereocenters. The highest BCUT2D eigenvalue weighted by Gasteiger charge is 2.27. The number of carbonyl (C=O) groups is 4. The van der Waals surface area contributed by atoms with Crippen LogP contribution in [0.15, 0.2) is 24.3 Å². The number of carbonyl (C=O) groups excluding carboxylic acids is 3. The number of anilines is 1. The summed E-state index contributed by atoms with van der Waals surface area (Å²) in [6.45, 7) is 4.68. The SMILES string of the molecule is CCOC(=O)[C@H](C)C[C@H](NC(=O)c1ccccc1NC(C)=O)C(=O)O. The lowest BCUT2D eigenvalue weighted by molar-refractivity contribution is -0.148. The topological polar surface area (TPSA) is 122 Å². The van der Waals surface area contributed by atoms with Crippen molar-refractivity contribution in [3.63, 3.8) is 0 Å². The minimum Gasteiger partial charge on any atom is -0.480 e. The summed E-state index contributed by atoms with van der Waals surface area (Å²) in [4.78, 5) is 46.7. The Morgan fingerprint density at radius 1 is 1.20 bits per heavy atom. The maximum Gasteiger partial charge on any atom is 0.326 e. The van der Waals surface area contributed by atoms with E-state index in [9.17, 15) is 24.3 Å². The smallest absolute Gasteiger partial charge is 0.326 e. The summed E-state index contributed by atoms with van der Waals surface area (Å²) in [5.41, 5.74) is 0.405. The predicted molar refractivity (Wildman–Crippen MR) is 90.0 cm³/mol. The van der Waals surface area contributed by atoms with Gasteiger partial charge in [0.1, 0.15) is 6.04 Å². The lowest BCUT2D eigenvalue weighted by atomic mass is 10.0. The van der Waals surface area contributed by atoms with E-state index in [1.165, 1.54) is 26.0 Å². The van der Waals surface area contributed by atoms with Crippen LogP contribution >= 0.6 is 0 Å². The summed E-state index contributed by atoms with van der Waals surface area (Å²) >= 11 is 0. The molecule has 0 saturated carbocycles. The second kappa shape index (κ2) is 9.41. The number of aliphatic carboxylic acids is 1. The van der Waals surface area contributed by atoms with Crippen molar-refractivity contribution in [2.75, 3.05) is 11.9 Å². The standard InChI is InChI=1S/C17H22N2O6/c1-4-25-17(24)10(2)9-14(16(22)23)19-15(21)12-7-5-6-8-13(12)18-11(3)20/h5-8,10,14H,4,9H2,1-3H3,(H,18,20)(H,19,21)(H,22,23)/t10-,14+/m1/s1. The minimum absolute atomic E-state index is 0.109. The Balaban J connectivity index is 2.89. The molecule has 136 valence electrons. The number of rotatable bonds is 8. The van der Waals surface area contributed by atoms with Crippen molar-refractivity contribution < 1.29 is 29.0 Å². The predicted octanol–water partition coefficient (Wildman–Crippen LogP) is 1.42.